The number of nitro benzene ring substituents is 1. The third kappa shape index (κ3) is 6.09. The Hall–Kier alpha value is -3.95. The minimum atomic E-state index is -0.984. The molecule has 1 aromatic heterocycles. The number of hydrogen-bond donors (Lipinski definition) is 3. The van der Waals surface area contributed by atoms with Gasteiger partial charge in [-0.15, -0.1) is 0 Å². The van der Waals surface area contributed by atoms with E-state index in [1.807, 2.05) is 0 Å². The van der Waals surface area contributed by atoms with E-state index in [9.17, 15) is 24.5 Å². The molecule has 10 heteroatoms. The lowest BCUT2D eigenvalue weighted by molar-refractivity contribution is -0.384. The molecule has 28 heavy (non-hydrogen) atoms. The zero-order valence-corrected chi connectivity index (χ0v) is 14.6. The summed E-state index contributed by atoms with van der Waals surface area (Å²) in [5.74, 6) is -2.28. The molecule has 1 aromatic carbocycles. The maximum atomic E-state index is 12.4. The standard InChI is InChI=1S/C18H17N3O7/c22-16(23)4-1-9-19-17(24)14(20-18(25)15-3-2-10-28-15)11-12-5-7-13(8-6-12)21(26)27/h2-3,5-8,10-11H,1,4,9H2,(H,19,24)(H,20,25)(H,22,23)/b14-11-. The number of nitrogens with one attached hydrogen (secondary N) is 2. The zero-order valence-electron chi connectivity index (χ0n) is 14.6. The Balaban J connectivity index is 2.16. The summed E-state index contributed by atoms with van der Waals surface area (Å²) in [6.07, 6.45) is 2.76. The van der Waals surface area contributed by atoms with E-state index in [2.05, 4.69) is 10.6 Å². The van der Waals surface area contributed by atoms with Gasteiger partial charge in [0.15, 0.2) is 5.76 Å². The van der Waals surface area contributed by atoms with Crippen LogP contribution < -0.4 is 10.6 Å². The van der Waals surface area contributed by atoms with Crippen molar-refractivity contribution >= 4 is 29.5 Å². The van der Waals surface area contributed by atoms with Gasteiger partial charge >= 0.3 is 5.97 Å². The van der Waals surface area contributed by atoms with Crippen LogP contribution in [0.5, 0.6) is 0 Å². The summed E-state index contributed by atoms with van der Waals surface area (Å²) < 4.78 is 4.98. The van der Waals surface area contributed by atoms with Crippen LogP contribution >= 0.6 is 0 Å². The maximum Gasteiger partial charge on any atom is 0.303 e. The molecule has 0 atom stereocenters. The maximum absolute atomic E-state index is 12.4. The number of amides is 2. The fraction of sp³-hybridized carbons (Fsp3) is 0.167. The van der Waals surface area contributed by atoms with E-state index < -0.39 is 22.7 Å². The minimum absolute atomic E-state index is 0.00623. The van der Waals surface area contributed by atoms with Crippen molar-refractivity contribution in [2.45, 2.75) is 12.8 Å². The summed E-state index contributed by atoms with van der Waals surface area (Å²) in [7, 11) is 0. The second kappa shape index (κ2) is 9.67. The number of carboxylic acids is 1. The van der Waals surface area contributed by atoms with Crippen LogP contribution in [-0.2, 0) is 9.59 Å². The SMILES string of the molecule is O=C(O)CCCNC(=O)/C(=C/c1ccc([N+](=O)[O-])cc1)NC(=O)c1ccco1. The van der Waals surface area contributed by atoms with Crippen molar-refractivity contribution in [2.75, 3.05) is 6.54 Å². The Bertz CT molecular complexity index is 886. The Morgan fingerprint density at radius 2 is 1.89 bits per heavy atom. The Kier molecular flexibility index (Phi) is 7.03. The first kappa shape index (κ1) is 20.4. The van der Waals surface area contributed by atoms with Gasteiger partial charge in [-0.05, 0) is 42.3 Å². The second-order valence-corrected chi connectivity index (χ2v) is 5.59. The van der Waals surface area contributed by atoms with Crippen molar-refractivity contribution in [1.29, 1.82) is 0 Å². The summed E-state index contributed by atoms with van der Waals surface area (Å²) >= 11 is 0. The first-order valence-electron chi connectivity index (χ1n) is 8.18. The number of carbonyl (C=O) groups is 3. The first-order chi connectivity index (χ1) is 13.4. The number of furan rings is 1. The van der Waals surface area contributed by atoms with Gasteiger partial charge in [-0.1, -0.05) is 0 Å². The summed E-state index contributed by atoms with van der Waals surface area (Å²) in [6.45, 7) is 0.0966. The van der Waals surface area contributed by atoms with Gasteiger partial charge in [-0.3, -0.25) is 24.5 Å². The lowest BCUT2D eigenvalue weighted by Crippen LogP contribution is -2.35. The van der Waals surface area contributed by atoms with Crippen molar-refractivity contribution in [3.05, 3.63) is 69.8 Å². The zero-order chi connectivity index (χ0) is 20.5. The highest BCUT2D eigenvalue weighted by Gasteiger charge is 2.16. The fourth-order valence-electron chi connectivity index (χ4n) is 2.15. The van der Waals surface area contributed by atoms with Gasteiger partial charge in [-0.25, -0.2) is 0 Å². The summed E-state index contributed by atoms with van der Waals surface area (Å²) in [6, 6.07) is 8.32. The summed E-state index contributed by atoms with van der Waals surface area (Å²) in [4.78, 5) is 45.3. The smallest absolute Gasteiger partial charge is 0.303 e. The molecule has 0 aliphatic carbocycles. The van der Waals surface area contributed by atoms with Crippen LogP contribution in [0.4, 0.5) is 5.69 Å². The molecule has 1 heterocycles. The normalized spacial score (nSPS) is 10.9. The molecular formula is C18H17N3O7. The number of carbonyl (C=O) groups excluding carboxylic acids is 2. The molecule has 3 N–H and O–H groups in total. The number of hydrogen-bond acceptors (Lipinski definition) is 6. The van der Waals surface area contributed by atoms with Gasteiger partial charge in [0.25, 0.3) is 17.5 Å². The van der Waals surface area contributed by atoms with E-state index in [1.54, 1.807) is 0 Å². The number of nitrogens with zero attached hydrogens (tertiary/aromatic N) is 1. The lowest BCUT2D eigenvalue weighted by atomic mass is 10.1. The van der Waals surface area contributed by atoms with Crippen LogP contribution in [0, 0.1) is 10.1 Å². The van der Waals surface area contributed by atoms with Crippen molar-refractivity contribution < 1.29 is 28.8 Å². The van der Waals surface area contributed by atoms with E-state index in [0.717, 1.165) is 0 Å². The van der Waals surface area contributed by atoms with Crippen LogP contribution in [0.25, 0.3) is 6.08 Å². The van der Waals surface area contributed by atoms with E-state index in [1.165, 1.54) is 48.7 Å². The van der Waals surface area contributed by atoms with Gasteiger partial charge in [0.05, 0.1) is 11.2 Å². The number of rotatable bonds is 9. The molecule has 0 aliphatic rings. The molecule has 0 aliphatic heterocycles. The predicted octanol–water partition coefficient (Wildman–Crippen LogP) is 1.94. The number of non-ortho nitro benzene ring substituents is 1. The molecule has 0 spiro atoms. The molecule has 0 saturated carbocycles. The largest absolute Gasteiger partial charge is 0.481 e. The second-order valence-electron chi connectivity index (χ2n) is 5.59. The molecule has 0 unspecified atom stereocenters. The molecule has 2 rings (SSSR count). The Labute approximate surface area is 159 Å². The van der Waals surface area contributed by atoms with E-state index in [0.29, 0.717) is 5.56 Å². The van der Waals surface area contributed by atoms with Crippen molar-refractivity contribution in [2.24, 2.45) is 0 Å². The van der Waals surface area contributed by atoms with E-state index in [-0.39, 0.29) is 36.5 Å². The van der Waals surface area contributed by atoms with Gasteiger partial charge in [0.2, 0.25) is 0 Å². The molecule has 0 bridgehead atoms. The van der Waals surface area contributed by atoms with Gasteiger partial charge in [0, 0.05) is 25.1 Å². The average Bonchev–Trinajstić information content (AvgIpc) is 3.19. The first-order valence-corrected chi connectivity index (χ1v) is 8.18. The number of benzene rings is 1. The quantitative estimate of drug-likeness (QED) is 0.257. The van der Waals surface area contributed by atoms with E-state index in [4.69, 9.17) is 9.52 Å². The molecule has 0 radical (unpaired) electrons. The molecule has 10 nitrogen and oxygen atoms in total. The van der Waals surface area contributed by atoms with Crippen molar-refractivity contribution in [1.82, 2.24) is 10.6 Å². The predicted molar refractivity (Wildman–Crippen MR) is 97.1 cm³/mol. The topological polar surface area (TPSA) is 152 Å². The highest BCUT2D eigenvalue weighted by Crippen LogP contribution is 2.14. The molecular weight excluding hydrogens is 370 g/mol. The van der Waals surface area contributed by atoms with Gasteiger partial charge in [0.1, 0.15) is 5.70 Å². The van der Waals surface area contributed by atoms with Crippen LogP contribution in [0.1, 0.15) is 29.0 Å². The van der Waals surface area contributed by atoms with E-state index >= 15 is 0 Å². The highest BCUT2D eigenvalue weighted by atomic mass is 16.6. The molecule has 0 saturated heterocycles. The number of nitro groups is 1. The summed E-state index contributed by atoms with van der Waals surface area (Å²) in [5, 5.41) is 24.3. The Morgan fingerprint density at radius 3 is 2.46 bits per heavy atom. The van der Waals surface area contributed by atoms with Crippen LogP contribution in [0.2, 0.25) is 0 Å². The summed E-state index contributed by atoms with van der Waals surface area (Å²) in [5.41, 5.74) is 0.211. The Morgan fingerprint density at radius 1 is 1.18 bits per heavy atom. The molecule has 2 aromatic rings. The van der Waals surface area contributed by atoms with Crippen molar-refractivity contribution in [3.8, 4) is 0 Å². The van der Waals surface area contributed by atoms with Gasteiger partial charge < -0.3 is 20.2 Å². The average molecular weight is 387 g/mol. The van der Waals surface area contributed by atoms with Crippen LogP contribution in [-0.4, -0.2) is 34.4 Å². The van der Waals surface area contributed by atoms with Crippen LogP contribution in [0.3, 0.4) is 0 Å². The lowest BCUT2D eigenvalue weighted by Gasteiger charge is -2.10. The van der Waals surface area contributed by atoms with Crippen LogP contribution in [0.15, 0.2) is 52.8 Å². The molecule has 146 valence electrons. The van der Waals surface area contributed by atoms with Gasteiger partial charge in [-0.2, -0.15) is 0 Å². The number of carboxylic acid groups (broad SMARTS) is 1. The van der Waals surface area contributed by atoms with Crippen molar-refractivity contribution in [3.63, 3.8) is 0 Å². The highest BCUT2D eigenvalue weighted by molar-refractivity contribution is 6.04. The number of aliphatic carboxylic acids is 1. The minimum Gasteiger partial charge on any atom is -0.481 e. The monoisotopic (exact) mass is 387 g/mol. The third-order valence-corrected chi connectivity index (χ3v) is 3.51. The fourth-order valence-corrected chi connectivity index (χ4v) is 2.15. The molecule has 0 fully saturated rings. The molecule has 2 amide bonds. The third-order valence-electron chi connectivity index (χ3n) is 3.51.